The molecule has 0 aliphatic rings. The number of hydrogen-bond donors (Lipinski definition) is 2. The molecule has 1 amide bonds. The van der Waals surface area contributed by atoms with Crippen LogP contribution in [0.1, 0.15) is 21.8 Å². The topological polar surface area (TPSA) is 102 Å². The summed E-state index contributed by atoms with van der Waals surface area (Å²) >= 11 is 0. The number of aromatic nitrogens is 3. The van der Waals surface area contributed by atoms with Crippen LogP contribution in [0, 0.1) is 0 Å². The molecule has 0 fully saturated rings. The van der Waals surface area contributed by atoms with E-state index in [-0.39, 0.29) is 5.76 Å². The Kier molecular flexibility index (Phi) is 5.98. The molecule has 8 heteroatoms. The van der Waals surface area contributed by atoms with Gasteiger partial charge in [-0.2, -0.15) is 5.10 Å². The molecule has 158 valence electrons. The second-order valence-electron chi connectivity index (χ2n) is 6.90. The number of benzene rings is 2. The third-order valence-electron chi connectivity index (χ3n) is 4.77. The number of nitrogens with zero attached hydrogens (tertiary/aromatic N) is 2. The molecule has 0 spiro atoms. The van der Waals surface area contributed by atoms with Crippen molar-refractivity contribution in [2.75, 3.05) is 19.5 Å². The minimum absolute atomic E-state index is 0.117. The van der Waals surface area contributed by atoms with Crippen LogP contribution in [-0.4, -0.2) is 35.5 Å². The van der Waals surface area contributed by atoms with Gasteiger partial charge in [0.2, 0.25) is 5.76 Å². The first-order valence-corrected chi connectivity index (χ1v) is 9.74. The number of rotatable bonds is 8. The quantitative estimate of drug-likeness (QED) is 0.446. The molecule has 2 aromatic carbocycles. The van der Waals surface area contributed by atoms with Crippen LogP contribution in [0.2, 0.25) is 0 Å². The number of H-pyrrole nitrogens is 1. The van der Waals surface area contributed by atoms with Gasteiger partial charge in [0.05, 0.1) is 14.2 Å². The molecule has 2 aromatic heterocycles. The zero-order chi connectivity index (χ0) is 21.6. The Bertz CT molecular complexity index is 1150. The number of hydrogen-bond acceptors (Lipinski definition) is 6. The van der Waals surface area contributed by atoms with Crippen LogP contribution in [0.5, 0.6) is 11.5 Å². The van der Waals surface area contributed by atoms with Crippen molar-refractivity contribution in [2.24, 2.45) is 0 Å². The van der Waals surface area contributed by atoms with Crippen molar-refractivity contribution in [1.82, 2.24) is 15.4 Å². The number of ether oxygens (including phenoxy) is 2. The summed E-state index contributed by atoms with van der Waals surface area (Å²) in [6.07, 6.45) is 1.46. The number of aryl methyl sites for hydroxylation is 2. The van der Waals surface area contributed by atoms with Crippen molar-refractivity contribution in [1.29, 1.82) is 0 Å². The van der Waals surface area contributed by atoms with Crippen molar-refractivity contribution in [3.8, 4) is 22.8 Å². The number of aromatic amines is 1. The van der Waals surface area contributed by atoms with Gasteiger partial charge < -0.3 is 19.3 Å². The molecule has 0 aliphatic carbocycles. The number of carbonyl (C=O) groups excluding carboxylic acids is 1. The molecule has 8 nitrogen and oxygen atoms in total. The monoisotopic (exact) mass is 418 g/mol. The molecule has 0 radical (unpaired) electrons. The molecule has 2 heterocycles. The Morgan fingerprint density at radius 1 is 1.00 bits per heavy atom. The van der Waals surface area contributed by atoms with Gasteiger partial charge in [-0.15, -0.1) is 0 Å². The minimum atomic E-state index is -0.412. The Balaban J connectivity index is 1.37. The number of carbonyl (C=O) groups is 1. The fraction of sp³-hybridized carbons (Fsp3) is 0.174. The molecule has 2 N–H and O–H groups in total. The summed E-state index contributed by atoms with van der Waals surface area (Å²) in [6.45, 7) is 0. The number of nitrogens with one attached hydrogen (secondary N) is 2. The number of amides is 1. The average Bonchev–Trinajstić information content (AvgIpc) is 3.48. The van der Waals surface area contributed by atoms with Crippen LogP contribution in [0.3, 0.4) is 0 Å². The maximum absolute atomic E-state index is 12.5. The molecule has 0 unspecified atom stereocenters. The molecule has 0 saturated heterocycles. The lowest BCUT2D eigenvalue weighted by atomic mass is 10.1. The lowest BCUT2D eigenvalue weighted by Gasteiger charge is -2.07. The van der Waals surface area contributed by atoms with Gasteiger partial charge in [-0.3, -0.25) is 9.89 Å². The molecule has 4 aromatic rings. The van der Waals surface area contributed by atoms with Crippen LogP contribution < -0.4 is 14.8 Å². The summed E-state index contributed by atoms with van der Waals surface area (Å²) in [4.78, 5) is 12.5. The first-order chi connectivity index (χ1) is 15.1. The van der Waals surface area contributed by atoms with Gasteiger partial charge in [-0.25, -0.2) is 0 Å². The Morgan fingerprint density at radius 2 is 1.74 bits per heavy atom. The van der Waals surface area contributed by atoms with Crippen molar-refractivity contribution in [3.63, 3.8) is 0 Å². The second kappa shape index (κ2) is 9.17. The van der Waals surface area contributed by atoms with E-state index in [1.165, 1.54) is 0 Å². The van der Waals surface area contributed by atoms with Crippen LogP contribution in [-0.2, 0) is 12.8 Å². The lowest BCUT2D eigenvalue weighted by Crippen LogP contribution is -2.11. The van der Waals surface area contributed by atoms with Gasteiger partial charge in [0, 0.05) is 29.5 Å². The molecular weight excluding hydrogens is 396 g/mol. The molecule has 0 atom stereocenters. The lowest BCUT2D eigenvalue weighted by molar-refractivity contribution is 0.0987. The molecular formula is C23H22N4O4. The molecule has 0 saturated carbocycles. The SMILES string of the molecule is COc1cc(CCc2cc(NC(=O)c3cc(-c4ccccc4)no3)n[nH]2)cc(OC)c1. The maximum atomic E-state index is 12.5. The minimum Gasteiger partial charge on any atom is -0.497 e. The van der Waals surface area contributed by atoms with E-state index in [4.69, 9.17) is 14.0 Å². The van der Waals surface area contributed by atoms with E-state index < -0.39 is 5.91 Å². The summed E-state index contributed by atoms with van der Waals surface area (Å²) in [5, 5.41) is 13.8. The fourth-order valence-electron chi connectivity index (χ4n) is 3.15. The summed E-state index contributed by atoms with van der Waals surface area (Å²) in [5.74, 6) is 1.61. The predicted octanol–water partition coefficient (Wildman–Crippen LogP) is 4.12. The largest absolute Gasteiger partial charge is 0.497 e. The van der Waals surface area contributed by atoms with Crippen LogP contribution in [0.25, 0.3) is 11.3 Å². The first-order valence-electron chi connectivity index (χ1n) is 9.74. The Labute approximate surface area is 179 Å². The van der Waals surface area contributed by atoms with E-state index in [9.17, 15) is 4.79 Å². The van der Waals surface area contributed by atoms with Gasteiger partial charge in [0.15, 0.2) is 5.82 Å². The maximum Gasteiger partial charge on any atom is 0.295 e. The van der Waals surface area contributed by atoms with Crippen molar-refractivity contribution < 1.29 is 18.8 Å². The average molecular weight is 418 g/mol. The van der Waals surface area contributed by atoms with Gasteiger partial charge in [-0.05, 0) is 30.5 Å². The van der Waals surface area contributed by atoms with E-state index in [0.717, 1.165) is 34.7 Å². The van der Waals surface area contributed by atoms with Gasteiger partial charge in [0.25, 0.3) is 5.91 Å². The second-order valence-corrected chi connectivity index (χ2v) is 6.90. The zero-order valence-corrected chi connectivity index (χ0v) is 17.2. The third kappa shape index (κ3) is 4.92. The summed E-state index contributed by atoms with van der Waals surface area (Å²) in [5.41, 5.74) is 3.44. The van der Waals surface area contributed by atoms with Crippen LogP contribution in [0.4, 0.5) is 5.82 Å². The van der Waals surface area contributed by atoms with Crippen molar-refractivity contribution >= 4 is 11.7 Å². The fourth-order valence-corrected chi connectivity index (χ4v) is 3.15. The van der Waals surface area contributed by atoms with E-state index >= 15 is 0 Å². The van der Waals surface area contributed by atoms with Crippen LogP contribution in [0.15, 0.2) is 65.2 Å². The molecule has 4 rings (SSSR count). The zero-order valence-electron chi connectivity index (χ0n) is 17.2. The first kappa shape index (κ1) is 20.2. The molecule has 0 bridgehead atoms. The normalized spacial score (nSPS) is 10.6. The highest BCUT2D eigenvalue weighted by Gasteiger charge is 2.15. The molecule has 31 heavy (non-hydrogen) atoms. The highest BCUT2D eigenvalue weighted by atomic mass is 16.5. The smallest absolute Gasteiger partial charge is 0.295 e. The van der Waals surface area contributed by atoms with Crippen molar-refractivity contribution in [2.45, 2.75) is 12.8 Å². The van der Waals surface area contributed by atoms with E-state index in [1.54, 1.807) is 26.4 Å². The third-order valence-corrected chi connectivity index (χ3v) is 4.77. The summed E-state index contributed by atoms with van der Waals surface area (Å²) in [6, 6.07) is 18.7. The van der Waals surface area contributed by atoms with E-state index in [1.807, 2.05) is 48.5 Å². The highest BCUT2D eigenvalue weighted by Crippen LogP contribution is 2.24. The van der Waals surface area contributed by atoms with Crippen molar-refractivity contribution in [3.05, 3.63) is 77.7 Å². The standard InChI is InChI=1S/C23H22N4O4/c1-29-18-10-15(11-19(13-18)30-2)8-9-17-12-22(26-25-17)24-23(28)21-14-20(27-31-21)16-6-4-3-5-7-16/h3-7,10-14H,8-9H2,1-2H3,(H2,24,25,26,28). The van der Waals surface area contributed by atoms with Gasteiger partial charge >= 0.3 is 0 Å². The van der Waals surface area contributed by atoms with Gasteiger partial charge in [0.1, 0.15) is 17.2 Å². The van der Waals surface area contributed by atoms with E-state index in [2.05, 4.69) is 20.7 Å². The number of methoxy groups -OCH3 is 2. The Morgan fingerprint density at radius 3 is 2.45 bits per heavy atom. The predicted molar refractivity (Wildman–Crippen MR) is 115 cm³/mol. The summed E-state index contributed by atoms with van der Waals surface area (Å²) in [7, 11) is 3.25. The number of anilines is 1. The Hall–Kier alpha value is -4.07. The van der Waals surface area contributed by atoms with E-state index in [0.29, 0.717) is 17.9 Å². The summed E-state index contributed by atoms with van der Waals surface area (Å²) < 4.78 is 15.8. The highest BCUT2D eigenvalue weighted by molar-refractivity contribution is 6.02. The molecule has 0 aliphatic heterocycles. The van der Waals surface area contributed by atoms with Gasteiger partial charge in [-0.1, -0.05) is 35.5 Å². The van der Waals surface area contributed by atoms with Crippen LogP contribution >= 0.6 is 0 Å².